The third-order valence-corrected chi connectivity index (χ3v) is 11.3. The molecule has 11 rings (SSSR count). The van der Waals surface area contributed by atoms with Gasteiger partial charge in [0, 0.05) is 23.7 Å². The summed E-state index contributed by atoms with van der Waals surface area (Å²) in [5.74, 6) is 1.59. The van der Waals surface area contributed by atoms with Gasteiger partial charge in [0.25, 0.3) is 0 Å². The predicted octanol–water partition coefficient (Wildman–Crippen LogP) is 8.24. The molecule has 0 fully saturated rings. The van der Waals surface area contributed by atoms with Crippen LogP contribution in [0.15, 0.2) is 133 Å². The summed E-state index contributed by atoms with van der Waals surface area (Å²) in [6, 6.07) is 50.3. The molecule has 7 aromatic carbocycles. The number of hydrogen-bond donors (Lipinski definition) is 0. The van der Waals surface area contributed by atoms with Crippen LogP contribution in [0.1, 0.15) is 45.9 Å². The van der Waals surface area contributed by atoms with Gasteiger partial charge in [-0.15, -0.1) is 0 Å². The van der Waals surface area contributed by atoms with Crippen LogP contribution in [0.25, 0.3) is 68.1 Å². The normalized spacial score (nSPS) is 20.9. The molecule has 4 aliphatic rings. The minimum Gasteiger partial charge on any atom is -0.0682 e. The maximum absolute atomic E-state index is 2.50. The van der Waals surface area contributed by atoms with Gasteiger partial charge in [-0.25, -0.2) is 0 Å². The molecule has 4 unspecified atom stereocenters. The summed E-state index contributed by atoms with van der Waals surface area (Å²) in [4.78, 5) is 0. The molecule has 0 saturated carbocycles. The average Bonchev–Trinajstić information content (AvgIpc) is 3.60. The molecule has 0 spiro atoms. The van der Waals surface area contributed by atoms with E-state index in [1.54, 1.807) is 0 Å². The zero-order valence-corrected chi connectivity index (χ0v) is 25.3. The van der Waals surface area contributed by atoms with Gasteiger partial charge in [-0.1, -0.05) is 152 Å². The first-order chi connectivity index (χ1) is 22.8. The second-order valence-corrected chi connectivity index (χ2v) is 13.6. The van der Waals surface area contributed by atoms with Crippen LogP contribution in [0.4, 0.5) is 0 Å². The molecule has 0 bridgehead atoms. The van der Waals surface area contributed by atoms with Crippen molar-refractivity contribution in [2.24, 2.45) is 0 Å². The van der Waals surface area contributed by atoms with E-state index in [4.69, 9.17) is 0 Å². The summed E-state index contributed by atoms with van der Waals surface area (Å²) in [5, 5.41) is 11.0. The van der Waals surface area contributed by atoms with Gasteiger partial charge in [-0.2, -0.15) is 0 Å². The first kappa shape index (κ1) is 24.8. The lowest BCUT2D eigenvalue weighted by Crippen LogP contribution is -2.29. The molecule has 0 heteroatoms. The molecule has 0 aliphatic heterocycles. The van der Waals surface area contributed by atoms with Crippen molar-refractivity contribution in [3.63, 3.8) is 0 Å². The van der Waals surface area contributed by atoms with E-state index in [-0.39, 0.29) is 0 Å². The Bertz CT molecular complexity index is 2450. The zero-order chi connectivity index (χ0) is 29.9. The molecular weight excluding hydrogens is 553 g/mol. The lowest BCUT2D eigenvalue weighted by molar-refractivity contribution is 0.834. The summed E-state index contributed by atoms with van der Waals surface area (Å²) in [6.07, 6.45) is 9.98. The maximum Gasteiger partial charge on any atom is 0.0137 e. The van der Waals surface area contributed by atoms with E-state index in [1.165, 1.54) is 86.9 Å². The fourth-order valence-electron chi connectivity index (χ4n) is 9.35. The fraction of sp³-hybridized carbons (Fsp3) is 0.0870. The first-order valence-electron chi connectivity index (χ1n) is 16.6. The predicted molar refractivity (Wildman–Crippen MR) is 193 cm³/mol. The number of benzene rings is 7. The number of rotatable bonds is 2. The highest BCUT2D eigenvalue weighted by atomic mass is 14.4. The van der Waals surface area contributed by atoms with E-state index in [0.717, 1.165) is 0 Å². The summed E-state index contributed by atoms with van der Waals surface area (Å²) < 4.78 is 0. The molecule has 0 amide bonds. The Labute approximate surface area is 267 Å². The van der Waals surface area contributed by atoms with E-state index >= 15 is 0 Å². The minimum atomic E-state index is 0.398. The number of hydrogen-bond acceptors (Lipinski definition) is 0. The molecule has 7 aromatic rings. The fourth-order valence-corrected chi connectivity index (χ4v) is 9.35. The van der Waals surface area contributed by atoms with Crippen molar-refractivity contribution in [1.82, 2.24) is 0 Å². The standard InChI is InChI=1S/C46H30/c1-3-10-29-25-43-39-20-18-33(35-14-6-16-37(45(35)39)41(43)23-27(29)8-1)31-12-5-13-32(22-31)34-19-21-40-44-26-30-11-4-2-9-28(30)24-42(44)38-17-7-15-36(34)46(38)40/h1-26,41-44H. The van der Waals surface area contributed by atoms with E-state index in [2.05, 4.69) is 158 Å². The van der Waals surface area contributed by atoms with Crippen LogP contribution in [0, 0.1) is 0 Å². The summed E-state index contributed by atoms with van der Waals surface area (Å²) >= 11 is 0. The van der Waals surface area contributed by atoms with Gasteiger partial charge >= 0.3 is 0 Å². The van der Waals surface area contributed by atoms with E-state index in [0.29, 0.717) is 23.7 Å². The molecule has 46 heavy (non-hydrogen) atoms. The Morgan fingerprint density at radius 3 is 1.09 bits per heavy atom. The first-order valence-corrected chi connectivity index (χ1v) is 16.6. The van der Waals surface area contributed by atoms with Crippen molar-refractivity contribution in [1.29, 1.82) is 0 Å². The SMILES string of the molecule is C1=c2ccccc2=CC2c3ccc(-c4cccc(-c5ccc6c7c(cccc57)C5C=c7ccccc7=CC65)c4)c4cccc(c34)C12. The van der Waals surface area contributed by atoms with Crippen molar-refractivity contribution in [2.45, 2.75) is 23.7 Å². The van der Waals surface area contributed by atoms with Crippen LogP contribution < -0.4 is 20.9 Å². The highest BCUT2D eigenvalue weighted by Gasteiger charge is 2.35. The Hall–Kier alpha value is -5.46. The van der Waals surface area contributed by atoms with Crippen molar-refractivity contribution in [3.05, 3.63) is 177 Å². The van der Waals surface area contributed by atoms with Crippen LogP contribution in [-0.4, -0.2) is 0 Å². The highest BCUT2D eigenvalue weighted by Crippen LogP contribution is 2.52. The largest absolute Gasteiger partial charge is 0.0682 e. The topological polar surface area (TPSA) is 0 Å². The highest BCUT2D eigenvalue weighted by molar-refractivity contribution is 6.06. The second-order valence-electron chi connectivity index (χ2n) is 13.6. The van der Waals surface area contributed by atoms with Gasteiger partial charge in [0.2, 0.25) is 0 Å². The summed E-state index contributed by atoms with van der Waals surface area (Å²) in [5.41, 5.74) is 11.0. The molecule has 4 atom stereocenters. The summed E-state index contributed by atoms with van der Waals surface area (Å²) in [6.45, 7) is 0. The Morgan fingerprint density at radius 2 is 0.674 bits per heavy atom. The maximum atomic E-state index is 2.50. The molecule has 214 valence electrons. The van der Waals surface area contributed by atoms with Gasteiger partial charge in [-0.05, 0) is 93.0 Å². The van der Waals surface area contributed by atoms with Gasteiger partial charge in [-0.3, -0.25) is 0 Å². The van der Waals surface area contributed by atoms with Gasteiger partial charge < -0.3 is 0 Å². The van der Waals surface area contributed by atoms with Gasteiger partial charge in [0.05, 0.1) is 0 Å². The third kappa shape index (κ3) is 3.29. The van der Waals surface area contributed by atoms with Gasteiger partial charge in [0.15, 0.2) is 0 Å². The molecule has 0 heterocycles. The van der Waals surface area contributed by atoms with E-state index in [1.807, 2.05) is 0 Å². The lowest BCUT2D eigenvalue weighted by Gasteiger charge is -2.18. The van der Waals surface area contributed by atoms with Crippen LogP contribution in [-0.2, 0) is 0 Å². The number of fused-ring (bicyclic) bond motifs is 8. The smallest absolute Gasteiger partial charge is 0.0137 e. The molecule has 0 aromatic heterocycles. The average molecular weight is 583 g/mol. The Morgan fingerprint density at radius 1 is 0.304 bits per heavy atom. The molecule has 0 saturated heterocycles. The van der Waals surface area contributed by atoms with Gasteiger partial charge in [0.1, 0.15) is 0 Å². The van der Waals surface area contributed by atoms with Crippen molar-refractivity contribution < 1.29 is 0 Å². The Kier molecular flexibility index (Phi) is 4.88. The zero-order valence-electron chi connectivity index (χ0n) is 25.3. The third-order valence-electron chi connectivity index (χ3n) is 11.3. The molecule has 4 aliphatic carbocycles. The molecule has 0 radical (unpaired) electrons. The molecule has 0 nitrogen and oxygen atoms in total. The molecule has 0 N–H and O–H groups in total. The van der Waals surface area contributed by atoms with Crippen LogP contribution in [0.3, 0.4) is 0 Å². The van der Waals surface area contributed by atoms with Crippen LogP contribution in [0.5, 0.6) is 0 Å². The quantitative estimate of drug-likeness (QED) is 0.193. The van der Waals surface area contributed by atoms with Crippen molar-refractivity contribution in [2.75, 3.05) is 0 Å². The summed E-state index contributed by atoms with van der Waals surface area (Å²) in [7, 11) is 0. The van der Waals surface area contributed by atoms with E-state index in [9.17, 15) is 0 Å². The van der Waals surface area contributed by atoms with Crippen molar-refractivity contribution in [3.8, 4) is 22.3 Å². The lowest BCUT2D eigenvalue weighted by atomic mass is 9.84. The molecular formula is C46H30. The van der Waals surface area contributed by atoms with Crippen molar-refractivity contribution >= 4 is 45.8 Å². The second kappa shape index (κ2) is 9.05. The van der Waals surface area contributed by atoms with Crippen LogP contribution >= 0.6 is 0 Å². The minimum absolute atomic E-state index is 0.398. The van der Waals surface area contributed by atoms with Crippen LogP contribution in [0.2, 0.25) is 0 Å². The monoisotopic (exact) mass is 582 g/mol. The van der Waals surface area contributed by atoms with E-state index < -0.39 is 0 Å². The Balaban J connectivity index is 1.06.